The number of anilines is 4. The van der Waals surface area contributed by atoms with Crippen LogP contribution in [0.5, 0.6) is 0 Å². The van der Waals surface area contributed by atoms with Gasteiger partial charge in [0.25, 0.3) is 23.6 Å². The van der Waals surface area contributed by atoms with Crippen LogP contribution in [-0.4, -0.2) is 199 Å². The van der Waals surface area contributed by atoms with Gasteiger partial charge in [0, 0.05) is 174 Å². The largest absolute Gasteiger partial charge is 0.481 e. The predicted octanol–water partition coefficient (Wildman–Crippen LogP) is 18.0. The highest BCUT2D eigenvalue weighted by atomic mass is 79.9. The number of rotatable bonds is 16. The minimum Gasteiger partial charge on any atom is -0.481 e. The van der Waals surface area contributed by atoms with Gasteiger partial charge in [-0.25, -0.2) is 4.79 Å². The van der Waals surface area contributed by atoms with Crippen LogP contribution in [0.15, 0.2) is 171 Å². The van der Waals surface area contributed by atoms with Crippen molar-refractivity contribution in [3.05, 3.63) is 238 Å². The molecule has 34 heteroatoms. The zero-order valence-electron chi connectivity index (χ0n) is 83.9. The van der Waals surface area contributed by atoms with Gasteiger partial charge in [-0.05, 0) is 258 Å². The van der Waals surface area contributed by atoms with Crippen LogP contribution in [-0.2, 0) is 64.0 Å². The van der Waals surface area contributed by atoms with Gasteiger partial charge in [-0.15, -0.1) is 12.4 Å². The second-order valence-corrected chi connectivity index (χ2v) is 44.3. The highest BCUT2D eigenvalue weighted by molar-refractivity contribution is 9.10. The average Bonchev–Trinajstić information content (AvgIpc) is 1.58. The maximum atomic E-state index is 13.4. The number of hydrogen-bond acceptors (Lipinski definition) is 18. The SMILES string of the molecule is CC(C)(C)OC(=O)N1CCC(n2cc(Cc3ccc4c5c(cccc35)C(=O)N4)cn2)CC1.CC1(C(=O)N2CCC(n3cc(Cc4ccc5c6c(cccc46)C(=O)N5)cn3)CC2)CCC1.CC1(C(=O)N2CCC(n3cc(Cc4ccc5c6c(cccc46)C(=O)N5C4CCC(=O)NC4=O)cn3)CC2)CCC1.CC1(C(=O)O)CCC1.Cl.O=C1CCC(Br)C(=O)N1.O=C1Nc2ccc(Cc3cnn(C4CCNCC4)c3)c3cccc1c23. The Balaban J connectivity index is 0.000000118. The number of carbonyl (C=O) groups is 12. The van der Waals surface area contributed by atoms with Crippen LogP contribution < -0.4 is 36.8 Å². The second kappa shape index (κ2) is 42.2. The average molecular weight is 2080 g/mol. The van der Waals surface area contributed by atoms with E-state index in [0.29, 0.717) is 68.2 Å². The lowest BCUT2D eigenvalue weighted by Crippen LogP contribution is -2.53. The number of aliphatic carboxylic acids is 1. The van der Waals surface area contributed by atoms with E-state index in [1.54, 1.807) is 16.7 Å². The topological polar surface area (TPSA) is 391 Å². The van der Waals surface area contributed by atoms with Crippen LogP contribution in [0.4, 0.5) is 27.5 Å². The Morgan fingerprint density at radius 2 is 0.748 bits per heavy atom. The number of likely N-dealkylation sites (tertiary alicyclic amines) is 3. The van der Waals surface area contributed by atoms with Gasteiger partial charge in [0.1, 0.15) is 11.6 Å². The summed E-state index contributed by atoms with van der Waals surface area (Å²) in [4.78, 5) is 151. The van der Waals surface area contributed by atoms with E-state index in [9.17, 15) is 57.5 Å². The molecule has 6 saturated heterocycles. The van der Waals surface area contributed by atoms with Gasteiger partial charge in [0.2, 0.25) is 35.4 Å². The number of nitrogens with zero attached hydrogens (tertiary/aromatic N) is 12. The van der Waals surface area contributed by atoms with Crippen molar-refractivity contribution in [1.29, 1.82) is 0 Å². The van der Waals surface area contributed by atoms with Crippen LogP contribution in [0.3, 0.4) is 0 Å². The molecule has 14 heterocycles. The summed E-state index contributed by atoms with van der Waals surface area (Å²) in [6.07, 6.45) is 37.7. The van der Waals surface area contributed by atoms with E-state index >= 15 is 0 Å². The third-order valence-corrected chi connectivity index (χ3v) is 32.8. The summed E-state index contributed by atoms with van der Waals surface area (Å²) >= 11 is 3.12. The number of benzene rings is 8. The number of aromatic nitrogens is 8. The van der Waals surface area contributed by atoms with Crippen molar-refractivity contribution < 1.29 is 67.4 Å². The van der Waals surface area contributed by atoms with Gasteiger partial charge < -0.3 is 45.8 Å². The number of carboxylic acid groups (broad SMARTS) is 1. The van der Waals surface area contributed by atoms with Crippen molar-refractivity contribution in [3.8, 4) is 0 Å². The first-order valence-electron chi connectivity index (χ1n) is 51.7. The minimum atomic E-state index is -0.692. The molecule has 10 aliphatic heterocycles. The molecule has 0 radical (unpaired) electrons. The molecule has 4 aromatic heterocycles. The summed E-state index contributed by atoms with van der Waals surface area (Å²) in [5.41, 5.74) is 14.5. The van der Waals surface area contributed by atoms with E-state index in [1.165, 1.54) is 34.2 Å². The fourth-order valence-electron chi connectivity index (χ4n) is 22.9. The molecule has 7 N–H and O–H groups in total. The molecule has 3 aliphatic carbocycles. The molecule has 147 heavy (non-hydrogen) atoms. The lowest BCUT2D eigenvalue weighted by atomic mass is 9.69. The fourth-order valence-corrected chi connectivity index (χ4v) is 23.2. The number of nitrogens with one attached hydrogen (secondary N) is 6. The highest BCUT2D eigenvalue weighted by Gasteiger charge is 2.47. The molecule has 0 bridgehead atoms. The fraction of sp³-hybridized carbons (Fsp3) is 0.434. The van der Waals surface area contributed by atoms with Gasteiger partial charge in [0.15, 0.2) is 0 Å². The first-order valence-corrected chi connectivity index (χ1v) is 52.6. The molecule has 766 valence electrons. The van der Waals surface area contributed by atoms with E-state index in [0.717, 1.165) is 260 Å². The van der Waals surface area contributed by atoms with E-state index < -0.39 is 23.5 Å². The van der Waals surface area contributed by atoms with Crippen molar-refractivity contribution in [1.82, 2.24) is 69.8 Å². The first kappa shape index (κ1) is 102. The van der Waals surface area contributed by atoms with Crippen LogP contribution in [0.1, 0.15) is 286 Å². The molecule has 8 aromatic carbocycles. The molecule has 13 aliphatic rings. The molecular weight excluding hydrogens is 1950 g/mol. The lowest BCUT2D eigenvalue weighted by molar-refractivity contribution is -0.153. The number of amides is 11. The number of carboxylic acids is 1. The Morgan fingerprint density at radius 3 is 1.08 bits per heavy atom. The first-order chi connectivity index (χ1) is 70.3. The van der Waals surface area contributed by atoms with Gasteiger partial charge in [0.05, 0.1) is 64.9 Å². The maximum Gasteiger partial charge on any atom is 0.410 e. The van der Waals surface area contributed by atoms with Crippen LogP contribution >= 0.6 is 28.3 Å². The Labute approximate surface area is 866 Å². The zero-order valence-corrected chi connectivity index (χ0v) is 86.3. The van der Waals surface area contributed by atoms with E-state index in [1.807, 2.05) is 140 Å². The molecule has 0 spiro atoms. The molecule has 25 rings (SSSR count). The lowest BCUT2D eigenvalue weighted by Gasteiger charge is -2.43. The molecular formula is C113H126BrClN18O14. The molecule has 12 aromatic rings. The number of halogens is 2. The molecule has 11 amide bonds. The number of imide groups is 2. The van der Waals surface area contributed by atoms with Crippen LogP contribution in [0, 0.1) is 16.2 Å². The monoisotopic (exact) mass is 2070 g/mol. The van der Waals surface area contributed by atoms with Crippen molar-refractivity contribution in [2.75, 3.05) is 73.2 Å². The number of carbonyl (C=O) groups excluding carboxylic acids is 11. The minimum absolute atomic E-state index is 0. The summed E-state index contributed by atoms with van der Waals surface area (Å²) in [6.45, 7) is 18.4. The van der Waals surface area contributed by atoms with Crippen molar-refractivity contribution in [2.45, 2.75) is 243 Å². The number of ether oxygens (including phenoxy) is 1. The normalized spacial score (nSPS) is 20.0. The molecule has 3 saturated carbocycles. The molecule has 2 atom stereocenters. The smallest absolute Gasteiger partial charge is 0.410 e. The van der Waals surface area contributed by atoms with E-state index in [2.05, 4.69) is 162 Å². The zero-order chi connectivity index (χ0) is 102. The Hall–Kier alpha value is -13.8. The second-order valence-electron chi connectivity index (χ2n) is 43.2. The van der Waals surface area contributed by atoms with Gasteiger partial charge in [-0.1, -0.05) is 122 Å². The number of piperidine rings is 6. The van der Waals surface area contributed by atoms with Crippen LogP contribution in [0.25, 0.3) is 43.1 Å². The summed E-state index contributed by atoms with van der Waals surface area (Å²) in [6, 6.07) is 40.5. The number of hydrogen-bond donors (Lipinski definition) is 7. The predicted molar refractivity (Wildman–Crippen MR) is 566 cm³/mol. The third-order valence-electron chi connectivity index (χ3n) is 31.9. The molecule has 9 fully saturated rings. The standard InChI is InChI=1S/C31H33N5O4.C26H28N4O2.C25H28N4O3.C20H20N4O.C6H10O2.C5H6BrNO2.ClH/c1-31(12-3-13-31)30(40)34-14-10-21(11-15-34)35-18-19(17-32-35)16-20-6-7-24-27-22(20)4-2-5-23(27)29(39)36(24)25-8-9-26(37)33-28(25)38;1-26(10-3-11-26)25(32)29-12-8-19(9-13-29)30-16-17(15-27-30)14-18-6-7-22-23-20(18)4-2-5-21(23)24(31)28-22;1-25(2,3)32-24(31)28-11-9-18(10-12-28)29-15-16(14-26-29)13-17-7-8-21-22-19(17)5-4-6-20(22)23(30)27-21;25-20-17-3-1-2-16-14(4-5-18(23-20)19(16)17)10-13-11-22-24(12-13)15-6-8-21-9-7-15;1-6(5(7)8)3-2-4-6;6-3-1-2-4(8)7-5(3)9;/h2,4-7,17-18,21,25H,3,8-16H2,1H3,(H,33,37,38);2,4-7,15-16,19H,3,8-14H2,1H3,(H,28,31);4-8,14-15,18H,9-13H2,1-3H3,(H,27,30);1-5,11-12,15,21H,6-10H2,(H,23,25);2-4H2,1H3,(H,7,8);3H,1-2H2,(H,7,8,9);1H. The van der Waals surface area contributed by atoms with E-state index in [4.69, 9.17) is 9.84 Å². The molecule has 2 unspecified atom stereocenters. The van der Waals surface area contributed by atoms with Crippen molar-refractivity contribution >= 4 is 165 Å². The summed E-state index contributed by atoms with van der Waals surface area (Å²) < 4.78 is 13.8. The number of alkyl halides is 1. The van der Waals surface area contributed by atoms with Crippen LogP contribution in [0.2, 0.25) is 0 Å². The summed E-state index contributed by atoms with van der Waals surface area (Å²) in [5.74, 6) is -1.33. The highest BCUT2D eigenvalue weighted by Crippen LogP contribution is 2.48. The van der Waals surface area contributed by atoms with Crippen molar-refractivity contribution in [3.63, 3.8) is 0 Å². The van der Waals surface area contributed by atoms with E-state index in [-0.39, 0.29) is 99.4 Å². The summed E-state index contributed by atoms with van der Waals surface area (Å²) in [7, 11) is 0. The summed E-state index contributed by atoms with van der Waals surface area (Å²) in [5, 5.41) is 52.2. The Kier molecular flexibility index (Phi) is 29.2. The van der Waals surface area contributed by atoms with Gasteiger partial charge in [-0.3, -0.25) is 87.0 Å². The maximum absolute atomic E-state index is 13.4. The Morgan fingerprint density at radius 1 is 0.408 bits per heavy atom. The third kappa shape index (κ3) is 21.2. The molecule has 32 nitrogen and oxygen atoms in total. The van der Waals surface area contributed by atoms with Crippen molar-refractivity contribution in [2.24, 2.45) is 16.2 Å². The van der Waals surface area contributed by atoms with Gasteiger partial charge in [-0.2, -0.15) is 20.4 Å². The Bertz CT molecular complexity index is 7190. The quantitative estimate of drug-likeness (QED) is 0.0349. The van der Waals surface area contributed by atoms with Gasteiger partial charge >= 0.3 is 12.1 Å².